The molecule has 5 heteroatoms. The lowest BCUT2D eigenvalue weighted by molar-refractivity contribution is -0.122. The summed E-state index contributed by atoms with van der Waals surface area (Å²) < 4.78 is 0. The van der Waals surface area contributed by atoms with Crippen LogP contribution in [0.3, 0.4) is 0 Å². The molecule has 1 aliphatic carbocycles. The Morgan fingerprint density at radius 1 is 0.903 bits per heavy atom. The number of rotatable bonds is 12. The Labute approximate surface area is 186 Å². The molecule has 2 aliphatic rings. The van der Waals surface area contributed by atoms with Gasteiger partial charge in [0.05, 0.1) is 17.5 Å². The second-order valence-corrected chi connectivity index (χ2v) is 8.84. The van der Waals surface area contributed by atoms with Gasteiger partial charge in [0.15, 0.2) is 0 Å². The molecule has 1 aromatic rings. The van der Waals surface area contributed by atoms with E-state index in [0.717, 1.165) is 12.8 Å². The maximum Gasteiger partial charge on any atom is 0.238 e. The molecular weight excluding hydrogens is 388 g/mol. The fourth-order valence-corrected chi connectivity index (χ4v) is 4.60. The number of nitrogens with zero attached hydrogens (tertiary/aromatic N) is 1. The van der Waals surface area contributed by atoms with Crippen molar-refractivity contribution in [2.45, 2.75) is 84.0 Å². The molecule has 1 saturated heterocycles. The van der Waals surface area contributed by atoms with Crippen molar-refractivity contribution >= 4 is 29.1 Å². The molecule has 5 nitrogen and oxygen atoms in total. The Kier molecular flexibility index (Phi) is 8.86. The van der Waals surface area contributed by atoms with Crippen LogP contribution in [-0.4, -0.2) is 17.7 Å². The van der Waals surface area contributed by atoms with Gasteiger partial charge in [-0.3, -0.25) is 14.4 Å². The van der Waals surface area contributed by atoms with Crippen molar-refractivity contribution in [2.24, 2.45) is 11.8 Å². The highest BCUT2D eigenvalue weighted by atomic mass is 16.2. The molecule has 0 bridgehead atoms. The van der Waals surface area contributed by atoms with E-state index in [1.807, 2.05) is 12.2 Å². The number of anilines is 2. The lowest BCUT2D eigenvalue weighted by atomic mass is 9.85. The van der Waals surface area contributed by atoms with E-state index < -0.39 is 0 Å². The van der Waals surface area contributed by atoms with Crippen molar-refractivity contribution < 1.29 is 14.4 Å². The molecule has 0 unspecified atom stereocenters. The van der Waals surface area contributed by atoms with Crippen molar-refractivity contribution in [3.05, 3.63) is 36.4 Å². The van der Waals surface area contributed by atoms with Crippen molar-refractivity contribution in [1.29, 1.82) is 0 Å². The van der Waals surface area contributed by atoms with Crippen LogP contribution < -0.4 is 10.2 Å². The number of unbranched alkanes of at least 4 members (excludes halogenated alkanes) is 8. The van der Waals surface area contributed by atoms with Gasteiger partial charge < -0.3 is 5.32 Å². The molecule has 1 N–H and O–H groups in total. The van der Waals surface area contributed by atoms with E-state index in [1.165, 1.54) is 49.8 Å². The summed E-state index contributed by atoms with van der Waals surface area (Å²) in [6.45, 7) is 2.23. The summed E-state index contributed by atoms with van der Waals surface area (Å²) in [6, 6.07) is 7.08. The lowest BCUT2D eigenvalue weighted by Crippen LogP contribution is -2.30. The Hall–Kier alpha value is -2.43. The predicted molar refractivity (Wildman–Crippen MR) is 125 cm³/mol. The lowest BCUT2D eigenvalue weighted by Gasteiger charge is -2.16. The zero-order valence-corrected chi connectivity index (χ0v) is 18.8. The fraction of sp³-hybridized carbons (Fsp3) is 0.577. The van der Waals surface area contributed by atoms with Crippen LogP contribution in [0.5, 0.6) is 0 Å². The maximum atomic E-state index is 12.8. The molecule has 3 amide bonds. The maximum absolute atomic E-state index is 12.8. The molecule has 1 aliphatic heterocycles. The van der Waals surface area contributed by atoms with Crippen molar-refractivity contribution in [3.63, 3.8) is 0 Å². The van der Waals surface area contributed by atoms with Crippen LogP contribution in [0.2, 0.25) is 0 Å². The molecule has 31 heavy (non-hydrogen) atoms. The SMILES string of the molecule is CCCCCCCCCCCC(=O)Nc1cccc(N2C(=O)[C@H]3CC=CC[C@@H]3C2=O)c1. The molecule has 1 heterocycles. The van der Waals surface area contributed by atoms with Crippen LogP contribution in [0.25, 0.3) is 0 Å². The number of imide groups is 1. The molecule has 3 rings (SSSR count). The predicted octanol–water partition coefficient (Wildman–Crippen LogP) is 6.00. The highest BCUT2D eigenvalue weighted by molar-refractivity contribution is 6.22. The van der Waals surface area contributed by atoms with Crippen LogP contribution in [0, 0.1) is 11.8 Å². The van der Waals surface area contributed by atoms with E-state index in [2.05, 4.69) is 12.2 Å². The third-order valence-corrected chi connectivity index (χ3v) is 6.40. The second-order valence-electron chi connectivity index (χ2n) is 8.84. The number of carbonyl (C=O) groups is 3. The number of hydrogen-bond donors (Lipinski definition) is 1. The van der Waals surface area contributed by atoms with E-state index in [0.29, 0.717) is 30.6 Å². The van der Waals surface area contributed by atoms with Gasteiger partial charge in [0.1, 0.15) is 0 Å². The first-order chi connectivity index (χ1) is 15.1. The van der Waals surface area contributed by atoms with Crippen LogP contribution in [0.15, 0.2) is 36.4 Å². The summed E-state index contributed by atoms with van der Waals surface area (Å²) in [5.41, 5.74) is 1.18. The first kappa shape index (κ1) is 23.2. The summed E-state index contributed by atoms with van der Waals surface area (Å²) in [6.07, 6.45) is 16.7. The highest BCUT2D eigenvalue weighted by Crippen LogP contribution is 2.38. The Morgan fingerprint density at radius 2 is 1.48 bits per heavy atom. The van der Waals surface area contributed by atoms with Crippen molar-refractivity contribution in [2.75, 3.05) is 10.2 Å². The van der Waals surface area contributed by atoms with Gasteiger partial charge in [0, 0.05) is 12.1 Å². The van der Waals surface area contributed by atoms with Crippen molar-refractivity contribution in [3.8, 4) is 0 Å². The zero-order chi connectivity index (χ0) is 22.1. The van der Waals surface area contributed by atoms with Crippen LogP contribution in [0.1, 0.15) is 84.0 Å². The average Bonchev–Trinajstić information content (AvgIpc) is 3.03. The zero-order valence-electron chi connectivity index (χ0n) is 18.8. The number of allylic oxidation sites excluding steroid dienone is 2. The number of carbonyl (C=O) groups excluding carboxylic acids is 3. The number of nitrogens with one attached hydrogen (secondary N) is 1. The quantitative estimate of drug-likeness (QED) is 0.254. The number of benzene rings is 1. The summed E-state index contributed by atoms with van der Waals surface area (Å²) in [5, 5.41) is 2.92. The minimum Gasteiger partial charge on any atom is -0.326 e. The van der Waals surface area contributed by atoms with Gasteiger partial charge >= 0.3 is 0 Å². The van der Waals surface area contributed by atoms with Gasteiger partial charge in [-0.25, -0.2) is 4.90 Å². The van der Waals surface area contributed by atoms with E-state index >= 15 is 0 Å². The Morgan fingerprint density at radius 3 is 2.10 bits per heavy atom. The van der Waals surface area contributed by atoms with Gasteiger partial charge in [-0.05, 0) is 37.5 Å². The minimum absolute atomic E-state index is 0.0166. The normalized spacial score (nSPS) is 20.2. The Balaban J connectivity index is 1.43. The van der Waals surface area contributed by atoms with Crippen LogP contribution in [-0.2, 0) is 14.4 Å². The smallest absolute Gasteiger partial charge is 0.238 e. The van der Waals surface area contributed by atoms with Gasteiger partial charge in [-0.15, -0.1) is 0 Å². The minimum atomic E-state index is -0.248. The molecular formula is C26H36N2O3. The first-order valence-electron chi connectivity index (χ1n) is 12.0. The summed E-state index contributed by atoms with van der Waals surface area (Å²) >= 11 is 0. The Bertz CT molecular complexity index is 776. The van der Waals surface area contributed by atoms with Crippen LogP contribution in [0.4, 0.5) is 11.4 Å². The van der Waals surface area contributed by atoms with E-state index in [9.17, 15) is 14.4 Å². The fourth-order valence-electron chi connectivity index (χ4n) is 4.60. The van der Waals surface area contributed by atoms with Crippen LogP contribution >= 0.6 is 0 Å². The highest BCUT2D eigenvalue weighted by Gasteiger charge is 2.47. The molecule has 0 saturated carbocycles. The summed E-state index contributed by atoms with van der Waals surface area (Å²) in [7, 11) is 0. The summed E-state index contributed by atoms with van der Waals surface area (Å²) in [4.78, 5) is 39.2. The third kappa shape index (κ3) is 6.28. The van der Waals surface area contributed by atoms with Crippen molar-refractivity contribution in [1.82, 2.24) is 0 Å². The molecule has 168 valence electrons. The third-order valence-electron chi connectivity index (χ3n) is 6.40. The average molecular weight is 425 g/mol. The molecule has 2 atom stereocenters. The largest absolute Gasteiger partial charge is 0.326 e. The van der Waals surface area contributed by atoms with E-state index in [1.54, 1.807) is 24.3 Å². The van der Waals surface area contributed by atoms with E-state index in [4.69, 9.17) is 0 Å². The molecule has 0 radical (unpaired) electrons. The standard InChI is InChI=1S/C26H36N2O3/c1-2-3-4-5-6-7-8-9-10-18-24(29)27-20-14-13-15-21(19-20)28-25(30)22-16-11-12-17-23(22)26(28)31/h11-15,19,22-23H,2-10,16-18H2,1H3,(H,27,29)/t22-,23-/m0/s1. The molecule has 1 aromatic carbocycles. The number of amides is 3. The second kappa shape index (κ2) is 11.8. The number of fused-ring (bicyclic) bond motifs is 1. The summed E-state index contributed by atoms with van der Waals surface area (Å²) in [5.74, 6) is -0.767. The monoisotopic (exact) mass is 424 g/mol. The number of hydrogen-bond acceptors (Lipinski definition) is 3. The first-order valence-corrected chi connectivity index (χ1v) is 12.0. The van der Waals surface area contributed by atoms with E-state index in [-0.39, 0.29) is 29.6 Å². The van der Waals surface area contributed by atoms with Gasteiger partial charge in [0.25, 0.3) is 0 Å². The van der Waals surface area contributed by atoms with Gasteiger partial charge in [-0.1, -0.05) is 76.5 Å². The molecule has 1 fully saturated rings. The topological polar surface area (TPSA) is 66.5 Å². The van der Waals surface area contributed by atoms with Gasteiger partial charge in [-0.2, -0.15) is 0 Å². The molecule has 0 aromatic heterocycles. The van der Waals surface area contributed by atoms with Gasteiger partial charge in [0.2, 0.25) is 17.7 Å². The molecule has 0 spiro atoms.